The summed E-state index contributed by atoms with van der Waals surface area (Å²) in [6, 6.07) is 0. The predicted octanol–water partition coefficient (Wildman–Crippen LogP) is 3.88. The third-order valence-electron chi connectivity index (χ3n) is 3.97. The van der Waals surface area contributed by atoms with Crippen molar-refractivity contribution in [2.24, 2.45) is 9.98 Å². The van der Waals surface area contributed by atoms with Gasteiger partial charge in [0.05, 0.1) is 0 Å². The maximum absolute atomic E-state index is 9.53. The van der Waals surface area contributed by atoms with Gasteiger partial charge in [-0.3, -0.25) is 4.99 Å². The van der Waals surface area contributed by atoms with Crippen LogP contribution in [0.2, 0.25) is 0 Å². The van der Waals surface area contributed by atoms with Crippen LogP contribution in [0.4, 0.5) is 0 Å². The number of hydrogen-bond acceptors (Lipinski definition) is 3. The van der Waals surface area contributed by atoms with Gasteiger partial charge in [0, 0.05) is 22.8 Å². The average Bonchev–Trinajstić information content (AvgIpc) is 3.23. The molecule has 23 heavy (non-hydrogen) atoms. The van der Waals surface area contributed by atoms with E-state index in [4.69, 9.17) is 4.99 Å². The summed E-state index contributed by atoms with van der Waals surface area (Å²) in [6.45, 7) is 5.64. The van der Waals surface area contributed by atoms with Crippen molar-refractivity contribution in [2.75, 3.05) is 0 Å². The minimum Gasteiger partial charge on any atom is -0.810 e. The van der Waals surface area contributed by atoms with Crippen molar-refractivity contribution in [1.82, 2.24) is 5.32 Å². The first-order chi connectivity index (χ1) is 10.7. The summed E-state index contributed by atoms with van der Waals surface area (Å²) in [5.41, 5.74) is 5.96. The number of hydrogen-bond donors (Lipinski definition) is 1. The molecule has 0 spiro atoms. The van der Waals surface area contributed by atoms with E-state index in [9.17, 15) is 5.41 Å². The van der Waals surface area contributed by atoms with Gasteiger partial charge in [0.15, 0.2) is 0 Å². The number of nitrogens with zero attached hydrogens (tertiary/aromatic N) is 3. The number of nitrogens with one attached hydrogen (secondary N) is 1. The first-order valence-electron chi connectivity index (χ1n) is 7.91. The van der Waals surface area contributed by atoms with Gasteiger partial charge in [-0.05, 0) is 31.8 Å². The fourth-order valence-corrected chi connectivity index (χ4v) is 2.81. The largest absolute Gasteiger partial charge is 3.00 e. The van der Waals surface area contributed by atoms with Crippen LogP contribution in [0.5, 0.6) is 0 Å². The summed E-state index contributed by atoms with van der Waals surface area (Å²) in [5.74, 6) is 0. The number of rotatable bonds is 4. The standard InChI is InChI=1S/C18H21N4.Cr/c1-2-13(19)10-15-5-6-17(21-15)12-18-8-7-16(22-18)11-14-4-3-9-20-14;/h9-12,21H,1-8H2;/q-3;+3. The monoisotopic (exact) mass is 345 g/mol. The molecule has 0 bridgehead atoms. The second kappa shape index (κ2) is 8.33. The minimum absolute atomic E-state index is 0. The van der Waals surface area contributed by atoms with E-state index in [0.29, 0.717) is 12.1 Å². The predicted molar refractivity (Wildman–Crippen MR) is 92.6 cm³/mol. The minimum atomic E-state index is 0. The Morgan fingerprint density at radius 1 is 1.13 bits per heavy atom. The molecule has 3 rings (SSSR count). The molecule has 1 radical (unpaired) electrons. The molecule has 3 heterocycles. The Labute approximate surface area is 149 Å². The van der Waals surface area contributed by atoms with Gasteiger partial charge in [-0.2, -0.15) is 6.42 Å². The van der Waals surface area contributed by atoms with Crippen molar-refractivity contribution in [1.29, 1.82) is 0 Å². The van der Waals surface area contributed by atoms with E-state index >= 15 is 0 Å². The maximum atomic E-state index is 9.53. The van der Waals surface area contributed by atoms with Crippen LogP contribution in [0.15, 0.2) is 45.3 Å². The summed E-state index contributed by atoms with van der Waals surface area (Å²) < 4.78 is 0. The summed E-state index contributed by atoms with van der Waals surface area (Å²) in [4.78, 5) is 9.05. The number of aliphatic imine (C=N–C) groups is 2. The molecule has 0 saturated carbocycles. The van der Waals surface area contributed by atoms with Gasteiger partial charge in [0.25, 0.3) is 0 Å². The zero-order valence-electron chi connectivity index (χ0n) is 13.2. The van der Waals surface area contributed by atoms with Crippen molar-refractivity contribution in [3.8, 4) is 0 Å². The van der Waals surface area contributed by atoms with Crippen molar-refractivity contribution in [3.63, 3.8) is 0 Å². The van der Waals surface area contributed by atoms with E-state index in [-0.39, 0.29) is 17.4 Å². The SMILES string of the molecule is [CH2-]CC(=[N-])C=C1CCC(=CC2=NC(=CC3=N[CH-]CC3)CC2)N1.[Cr+3]. The van der Waals surface area contributed by atoms with E-state index in [1.807, 2.05) is 6.54 Å². The topological polar surface area (TPSA) is 59.0 Å². The molecule has 5 heteroatoms. The summed E-state index contributed by atoms with van der Waals surface area (Å²) in [6.07, 6.45) is 12.5. The Balaban J connectivity index is 0.00000192. The Morgan fingerprint density at radius 3 is 2.70 bits per heavy atom. The molecule has 0 aromatic heterocycles. The molecular formula is C18H21CrN4. The van der Waals surface area contributed by atoms with Crippen LogP contribution in [0.1, 0.15) is 44.9 Å². The Hall–Kier alpha value is -1.57. The molecule has 0 atom stereocenters. The molecule has 0 aromatic carbocycles. The molecule has 1 saturated heterocycles. The smallest absolute Gasteiger partial charge is 0.810 e. The quantitative estimate of drug-likeness (QED) is 0.610. The van der Waals surface area contributed by atoms with E-state index in [2.05, 4.69) is 29.4 Å². The van der Waals surface area contributed by atoms with Gasteiger partial charge in [-0.15, -0.1) is 18.3 Å². The van der Waals surface area contributed by atoms with E-state index in [1.54, 1.807) is 6.08 Å². The summed E-state index contributed by atoms with van der Waals surface area (Å²) in [5, 5.41) is 12.9. The maximum Gasteiger partial charge on any atom is 3.00 e. The number of allylic oxidation sites excluding steroid dienone is 6. The fraction of sp³-hybridized carbons (Fsp3) is 0.389. The second-order valence-corrected chi connectivity index (χ2v) is 5.79. The van der Waals surface area contributed by atoms with Crippen LogP contribution >= 0.6 is 0 Å². The Kier molecular flexibility index (Phi) is 6.44. The van der Waals surface area contributed by atoms with Gasteiger partial charge >= 0.3 is 17.4 Å². The van der Waals surface area contributed by atoms with E-state index < -0.39 is 0 Å². The van der Waals surface area contributed by atoms with Crippen LogP contribution in [0, 0.1) is 13.5 Å². The zero-order chi connectivity index (χ0) is 15.4. The van der Waals surface area contributed by atoms with Gasteiger partial charge < -0.3 is 22.6 Å². The third-order valence-corrected chi connectivity index (χ3v) is 3.97. The van der Waals surface area contributed by atoms with Crippen molar-refractivity contribution in [3.05, 3.63) is 54.2 Å². The van der Waals surface area contributed by atoms with Gasteiger partial charge in [-0.25, -0.2) is 5.71 Å². The van der Waals surface area contributed by atoms with Crippen molar-refractivity contribution in [2.45, 2.75) is 44.9 Å². The normalized spacial score (nSPS) is 25.2. The van der Waals surface area contributed by atoms with Crippen LogP contribution < -0.4 is 5.32 Å². The van der Waals surface area contributed by atoms with Crippen LogP contribution in [0.25, 0.3) is 5.41 Å². The third kappa shape index (κ3) is 4.95. The molecule has 1 N–H and O–H groups in total. The molecule has 1 fully saturated rings. The van der Waals surface area contributed by atoms with Gasteiger partial charge in [0.2, 0.25) is 0 Å². The molecular weight excluding hydrogens is 324 g/mol. The van der Waals surface area contributed by atoms with Crippen molar-refractivity contribution < 1.29 is 17.4 Å². The van der Waals surface area contributed by atoms with Crippen molar-refractivity contribution >= 4 is 17.1 Å². The van der Waals surface area contributed by atoms with Gasteiger partial charge in [0.1, 0.15) is 0 Å². The Bertz CT molecular complexity index is 623. The fourth-order valence-electron chi connectivity index (χ4n) is 2.81. The molecule has 0 unspecified atom stereocenters. The zero-order valence-corrected chi connectivity index (χ0v) is 14.5. The van der Waals surface area contributed by atoms with Crippen LogP contribution in [-0.2, 0) is 17.4 Å². The second-order valence-electron chi connectivity index (χ2n) is 5.79. The molecule has 4 nitrogen and oxygen atoms in total. The van der Waals surface area contributed by atoms with E-state index in [0.717, 1.165) is 61.3 Å². The van der Waals surface area contributed by atoms with Gasteiger partial charge in [-0.1, -0.05) is 18.9 Å². The van der Waals surface area contributed by atoms with Crippen LogP contribution in [-0.4, -0.2) is 17.1 Å². The molecule has 119 valence electrons. The Morgan fingerprint density at radius 2 is 1.96 bits per heavy atom. The molecule has 3 aliphatic rings. The average molecular weight is 345 g/mol. The summed E-state index contributed by atoms with van der Waals surface area (Å²) in [7, 11) is 0. The first-order valence-corrected chi connectivity index (χ1v) is 7.91. The summed E-state index contributed by atoms with van der Waals surface area (Å²) >= 11 is 0. The molecule has 0 amide bonds. The molecule has 3 aliphatic heterocycles. The molecule has 0 aliphatic carbocycles. The first kappa shape index (κ1) is 17.8. The van der Waals surface area contributed by atoms with Crippen LogP contribution in [0.3, 0.4) is 0 Å². The van der Waals surface area contributed by atoms with E-state index in [1.165, 1.54) is 5.70 Å². The molecule has 0 aromatic rings.